The number of ether oxygens (including phenoxy) is 1. The zero-order valence-corrected chi connectivity index (χ0v) is 16.7. The van der Waals surface area contributed by atoms with Crippen LogP contribution in [0.5, 0.6) is 0 Å². The zero-order chi connectivity index (χ0) is 22.5. The van der Waals surface area contributed by atoms with Crippen LogP contribution in [0, 0.1) is 5.41 Å². The standard InChI is InChI=1S/C18H22F3N3O3.CH2O2/c1-23(2)11-12-10-17(16(26)27-12)5-8-24(9-6-17)15(25)13-4-3-7-22-14(13)18(19,20)21;2-1-3/h3-4,7,12H,5-6,8-11H2,1-2H3;1H,(H,2,3). The number of likely N-dealkylation sites (tertiary alicyclic amines) is 1. The number of esters is 1. The number of aromatic nitrogens is 1. The van der Waals surface area contributed by atoms with Crippen molar-refractivity contribution in [2.45, 2.75) is 31.5 Å². The van der Waals surface area contributed by atoms with Gasteiger partial charge in [0.1, 0.15) is 6.10 Å². The van der Waals surface area contributed by atoms with Crippen LogP contribution in [0.25, 0.3) is 0 Å². The summed E-state index contributed by atoms with van der Waals surface area (Å²) < 4.78 is 44.8. The topological polar surface area (TPSA) is 100 Å². The summed E-state index contributed by atoms with van der Waals surface area (Å²) in [5, 5.41) is 6.89. The Hall–Kier alpha value is -2.69. The Labute approximate surface area is 171 Å². The Bertz CT molecular complexity index is 777. The molecule has 30 heavy (non-hydrogen) atoms. The third kappa shape index (κ3) is 5.26. The second-order valence-corrected chi connectivity index (χ2v) is 7.57. The van der Waals surface area contributed by atoms with Crippen molar-refractivity contribution in [1.82, 2.24) is 14.8 Å². The molecule has 1 spiro atoms. The third-order valence-corrected chi connectivity index (χ3v) is 5.21. The van der Waals surface area contributed by atoms with Crippen LogP contribution in [0.1, 0.15) is 35.3 Å². The highest BCUT2D eigenvalue weighted by molar-refractivity contribution is 5.95. The van der Waals surface area contributed by atoms with Gasteiger partial charge in [-0.2, -0.15) is 13.2 Å². The van der Waals surface area contributed by atoms with Crippen LogP contribution in [0.15, 0.2) is 18.3 Å². The SMILES string of the molecule is CN(C)CC1CC2(CCN(C(=O)c3cccnc3C(F)(F)F)CC2)C(=O)O1.O=CO. The van der Waals surface area contributed by atoms with Crippen LogP contribution >= 0.6 is 0 Å². The van der Waals surface area contributed by atoms with E-state index in [9.17, 15) is 22.8 Å². The summed E-state index contributed by atoms with van der Waals surface area (Å²) in [7, 11) is 3.79. The molecule has 0 bridgehead atoms. The van der Waals surface area contributed by atoms with Gasteiger partial charge in [-0.3, -0.25) is 19.4 Å². The monoisotopic (exact) mass is 431 g/mol. The molecule has 0 radical (unpaired) electrons. The van der Waals surface area contributed by atoms with Crippen LogP contribution in [-0.4, -0.2) is 78.1 Å². The normalized spacial score (nSPS) is 20.5. The van der Waals surface area contributed by atoms with Crippen molar-refractivity contribution < 1.29 is 37.4 Å². The average molecular weight is 431 g/mol. The van der Waals surface area contributed by atoms with E-state index in [1.165, 1.54) is 11.0 Å². The molecule has 1 aromatic rings. The molecule has 1 aromatic heterocycles. The first kappa shape index (κ1) is 23.6. The first-order chi connectivity index (χ1) is 14.0. The van der Waals surface area contributed by atoms with E-state index in [1.807, 2.05) is 19.0 Å². The second kappa shape index (κ2) is 9.41. The zero-order valence-electron chi connectivity index (χ0n) is 16.7. The number of carbonyl (C=O) groups is 3. The minimum atomic E-state index is -4.70. The average Bonchev–Trinajstić information content (AvgIpc) is 2.95. The molecule has 1 unspecified atom stereocenters. The van der Waals surface area contributed by atoms with Gasteiger partial charge in [-0.15, -0.1) is 0 Å². The lowest BCUT2D eigenvalue weighted by Gasteiger charge is -2.36. The number of rotatable bonds is 3. The number of hydrogen-bond acceptors (Lipinski definition) is 6. The largest absolute Gasteiger partial charge is 0.483 e. The van der Waals surface area contributed by atoms with Crippen LogP contribution in [0.2, 0.25) is 0 Å². The molecular formula is C19H24F3N3O5. The van der Waals surface area contributed by atoms with E-state index in [2.05, 4.69) is 4.98 Å². The lowest BCUT2D eigenvalue weighted by atomic mass is 9.76. The first-order valence-corrected chi connectivity index (χ1v) is 9.29. The van der Waals surface area contributed by atoms with Crippen molar-refractivity contribution in [2.75, 3.05) is 33.7 Å². The molecule has 11 heteroatoms. The maximum absolute atomic E-state index is 13.1. The van der Waals surface area contributed by atoms with Crippen LogP contribution < -0.4 is 0 Å². The summed E-state index contributed by atoms with van der Waals surface area (Å²) in [4.78, 5) is 40.0. The molecule has 0 aliphatic carbocycles. The Morgan fingerprint density at radius 1 is 1.40 bits per heavy atom. The van der Waals surface area contributed by atoms with E-state index in [1.54, 1.807) is 0 Å². The predicted octanol–water partition coefficient (Wildman–Crippen LogP) is 1.90. The van der Waals surface area contributed by atoms with Crippen molar-refractivity contribution in [2.24, 2.45) is 5.41 Å². The van der Waals surface area contributed by atoms with E-state index in [4.69, 9.17) is 14.6 Å². The summed E-state index contributed by atoms with van der Waals surface area (Å²) in [5.41, 5.74) is -2.28. The smallest absolute Gasteiger partial charge is 0.434 e. The predicted molar refractivity (Wildman–Crippen MR) is 98.6 cm³/mol. The molecule has 1 amide bonds. The highest BCUT2D eigenvalue weighted by atomic mass is 19.4. The number of hydrogen-bond donors (Lipinski definition) is 1. The fraction of sp³-hybridized carbons (Fsp3) is 0.579. The van der Waals surface area contributed by atoms with Crippen LogP contribution in [-0.2, 0) is 20.5 Å². The quantitative estimate of drug-likeness (QED) is 0.576. The number of carboxylic acid groups (broad SMARTS) is 1. The Morgan fingerprint density at radius 3 is 2.53 bits per heavy atom. The van der Waals surface area contributed by atoms with Crippen molar-refractivity contribution in [1.29, 1.82) is 0 Å². The summed E-state index contributed by atoms with van der Waals surface area (Å²) in [6, 6.07) is 2.45. The number of carbonyl (C=O) groups excluding carboxylic acids is 2. The fourth-order valence-electron chi connectivity index (χ4n) is 3.87. The number of nitrogens with zero attached hydrogens (tertiary/aromatic N) is 3. The van der Waals surface area contributed by atoms with Crippen molar-refractivity contribution in [3.8, 4) is 0 Å². The molecule has 2 aliphatic heterocycles. The Kier molecular flexibility index (Phi) is 7.40. The number of likely N-dealkylation sites (N-methyl/N-ethyl adjacent to an activating group) is 1. The second-order valence-electron chi connectivity index (χ2n) is 7.57. The molecule has 2 aliphatic rings. The first-order valence-electron chi connectivity index (χ1n) is 9.29. The van der Waals surface area contributed by atoms with Gasteiger partial charge in [0.2, 0.25) is 0 Å². The lowest BCUT2D eigenvalue weighted by molar-refractivity contribution is -0.150. The minimum Gasteiger partial charge on any atom is -0.483 e. The van der Waals surface area contributed by atoms with Crippen LogP contribution in [0.3, 0.4) is 0 Å². The van der Waals surface area contributed by atoms with E-state index in [-0.39, 0.29) is 31.6 Å². The van der Waals surface area contributed by atoms with Gasteiger partial charge >= 0.3 is 12.1 Å². The highest BCUT2D eigenvalue weighted by Gasteiger charge is 2.51. The number of pyridine rings is 1. The van der Waals surface area contributed by atoms with Crippen molar-refractivity contribution in [3.05, 3.63) is 29.6 Å². The Morgan fingerprint density at radius 2 is 2.00 bits per heavy atom. The van der Waals surface area contributed by atoms with E-state index in [0.29, 0.717) is 25.8 Å². The molecule has 1 N–H and O–H groups in total. The van der Waals surface area contributed by atoms with Gasteiger partial charge in [0.25, 0.3) is 12.4 Å². The van der Waals surface area contributed by atoms with Crippen molar-refractivity contribution >= 4 is 18.3 Å². The molecule has 2 fully saturated rings. The molecule has 3 heterocycles. The molecule has 2 saturated heterocycles. The molecule has 3 rings (SSSR count). The maximum atomic E-state index is 13.1. The van der Waals surface area contributed by atoms with Crippen molar-refractivity contribution in [3.63, 3.8) is 0 Å². The fourth-order valence-corrected chi connectivity index (χ4v) is 3.87. The van der Waals surface area contributed by atoms with E-state index in [0.717, 1.165) is 12.3 Å². The van der Waals surface area contributed by atoms with Gasteiger partial charge in [0.05, 0.1) is 11.0 Å². The van der Waals surface area contributed by atoms with Gasteiger partial charge in [0, 0.05) is 32.3 Å². The number of halogens is 3. The Balaban J connectivity index is 0.00000101. The van der Waals surface area contributed by atoms with Crippen LogP contribution in [0.4, 0.5) is 13.2 Å². The van der Waals surface area contributed by atoms with E-state index >= 15 is 0 Å². The minimum absolute atomic E-state index is 0.190. The van der Waals surface area contributed by atoms with Gasteiger partial charge in [-0.1, -0.05) is 0 Å². The number of piperidine rings is 1. The number of cyclic esters (lactones) is 1. The lowest BCUT2D eigenvalue weighted by Crippen LogP contribution is -2.45. The molecule has 166 valence electrons. The molecule has 8 nitrogen and oxygen atoms in total. The number of alkyl halides is 3. The highest BCUT2D eigenvalue weighted by Crippen LogP contribution is 2.43. The van der Waals surface area contributed by atoms with Gasteiger partial charge in [-0.25, -0.2) is 0 Å². The summed E-state index contributed by atoms with van der Waals surface area (Å²) >= 11 is 0. The molecule has 0 saturated carbocycles. The van der Waals surface area contributed by atoms with E-state index < -0.39 is 28.8 Å². The third-order valence-electron chi connectivity index (χ3n) is 5.21. The summed E-state index contributed by atoms with van der Waals surface area (Å²) in [6.45, 7) is 0.810. The summed E-state index contributed by atoms with van der Waals surface area (Å²) in [6.07, 6.45) is -2.51. The molecule has 0 aromatic carbocycles. The molecular weight excluding hydrogens is 407 g/mol. The summed E-state index contributed by atoms with van der Waals surface area (Å²) in [5.74, 6) is -0.972. The number of amides is 1. The van der Waals surface area contributed by atoms with Gasteiger partial charge in [-0.05, 0) is 39.1 Å². The maximum Gasteiger partial charge on any atom is 0.434 e. The molecule has 1 atom stereocenters. The van der Waals surface area contributed by atoms with Gasteiger partial charge < -0.3 is 19.6 Å². The van der Waals surface area contributed by atoms with Gasteiger partial charge in [0.15, 0.2) is 5.69 Å².